The second kappa shape index (κ2) is 6.64. The van der Waals surface area contributed by atoms with Crippen LogP contribution >= 0.6 is 0 Å². The molecule has 98 valence electrons. The number of rotatable bonds is 5. The molecule has 0 aliphatic carbocycles. The Morgan fingerprint density at radius 1 is 1.56 bits per heavy atom. The quantitative estimate of drug-likeness (QED) is 0.323. The van der Waals surface area contributed by atoms with Crippen LogP contribution in [0.2, 0.25) is 0 Å². The molecule has 0 saturated carbocycles. The molecular weight excluding hydrogens is 230 g/mol. The molecular formula is C13H19N3O2. The molecule has 5 heteroatoms. The molecule has 1 rings (SSSR count). The maximum Gasteiger partial charge on any atom is 0.224 e. The topological polar surface area (TPSA) is 87.7 Å². The number of carbonyl (C=O) groups is 1. The van der Waals surface area contributed by atoms with Gasteiger partial charge in [0.1, 0.15) is 0 Å². The zero-order valence-corrected chi connectivity index (χ0v) is 10.7. The SMILES string of the molecule is CCC(C)CC(=O)Nc1cccc(/C(N)=N/O)c1. The largest absolute Gasteiger partial charge is 0.409 e. The van der Waals surface area contributed by atoms with Crippen LogP contribution in [0, 0.1) is 5.92 Å². The molecule has 1 unspecified atom stereocenters. The van der Waals surface area contributed by atoms with Crippen molar-refractivity contribution in [3.63, 3.8) is 0 Å². The molecule has 0 aromatic heterocycles. The van der Waals surface area contributed by atoms with Crippen LogP contribution in [-0.4, -0.2) is 17.0 Å². The molecule has 0 spiro atoms. The van der Waals surface area contributed by atoms with Gasteiger partial charge < -0.3 is 16.3 Å². The number of oxime groups is 1. The van der Waals surface area contributed by atoms with Crippen LogP contribution in [0.5, 0.6) is 0 Å². The van der Waals surface area contributed by atoms with Crippen molar-refractivity contribution in [2.45, 2.75) is 26.7 Å². The van der Waals surface area contributed by atoms with Crippen LogP contribution < -0.4 is 11.1 Å². The maximum absolute atomic E-state index is 11.7. The zero-order chi connectivity index (χ0) is 13.5. The number of hydrogen-bond donors (Lipinski definition) is 3. The monoisotopic (exact) mass is 249 g/mol. The number of amidine groups is 1. The molecule has 5 nitrogen and oxygen atoms in total. The number of hydrogen-bond acceptors (Lipinski definition) is 3. The van der Waals surface area contributed by atoms with E-state index in [1.54, 1.807) is 24.3 Å². The van der Waals surface area contributed by atoms with Gasteiger partial charge in [-0.3, -0.25) is 4.79 Å². The maximum atomic E-state index is 11.7. The summed E-state index contributed by atoms with van der Waals surface area (Å²) in [6, 6.07) is 6.89. The van der Waals surface area contributed by atoms with Gasteiger partial charge in [0.2, 0.25) is 5.91 Å². The summed E-state index contributed by atoms with van der Waals surface area (Å²) in [6.45, 7) is 4.09. The first-order chi connectivity index (χ1) is 8.56. The smallest absolute Gasteiger partial charge is 0.224 e. The highest BCUT2D eigenvalue weighted by Gasteiger charge is 2.08. The first-order valence-electron chi connectivity index (χ1n) is 5.94. The fourth-order valence-electron chi connectivity index (χ4n) is 1.49. The normalized spacial score (nSPS) is 13.1. The van der Waals surface area contributed by atoms with Gasteiger partial charge in [-0.05, 0) is 18.1 Å². The lowest BCUT2D eigenvalue weighted by Crippen LogP contribution is -2.16. The van der Waals surface area contributed by atoms with Crippen LogP contribution in [0.3, 0.4) is 0 Å². The summed E-state index contributed by atoms with van der Waals surface area (Å²) >= 11 is 0. The molecule has 1 amide bonds. The third kappa shape index (κ3) is 4.08. The summed E-state index contributed by atoms with van der Waals surface area (Å²) in [4.78, 5) is 11.7. The molecule has 4 N–H and O–H groups in total. The van der Waals surface area contributed by atoms with E-state index in [-0.39, 0.29) is 11.7 Å². The summed E-state index contributed by atoms with van der Waals surface area (Å²) in [5.41, 5.74) is 6.70. The first kappa shape index (κ1) is 14.0. The van der Waals surface area contributed by atoms with Gasteiger partial charge in [-0.25, -0.2) is 0 Å². The summed E-state index contributed by atoms with van der Waals surface area (Å²) in [6.07, 6.45) is 1.46. The lowest BCUT2D eigenvalue weighted by molar-refractivity contribution is -0.117. The minimum Gasteiger partial charge on any atom is -0.409 e. The van der Waals surface area contributed by atoms with Gasteiger partial charge in [0.25, 0.3) is 0 Å². The second-order valence-corrected chi connectivity index (χ2v) is 4.33. The molecule has 0 bridgehead atoms. The highest BCUT2D eigenvalue weighted by molar-refractivity contribution is 5.99. The number of nitrogens with one attached hydrogen (secondary N) is 1. The van der Waals surface area contributed by atoms with Crippen LogP contribution in [0.4, 0.5) is 5.69 Å². The van der Waals surface area contributed by atoms with Crippen molar-refractivity contribution in [1.82, 2.24) is 0 Å². The van der Waals surface area contributed by atoms with Crippen LogP contribution in [-0.2, 0) is 4.79 Å². The van der Waals surface area contributed by atoms with Gasteiger partial charge in [0.15, 0.2) is 5.84 Å². The molecule has 0 heterocycles. The van der Waals surface area contributed by atoms with Gasteiger partial charge in [-0.2, -0.15) is 0 Å². The molecule has 18 heavy (non-hydrogen) atoms. The minimum atomic E-state index is -0.0268. The number of benzene rings is 1. The fraction of sp³-hybridized carbons (Fsp3) is 0.385. The van der Waals surface area contributed by atoms with Gasteiger partial charge in [0, 0.05) is 17.7 Å². The first-order valence-corrected chi connectivity index (χ1v) is 5.94. The fourth-order valence-corrected chi connectivity index (χ4v) is 1.49. The van der Waals surface area contributed by atoms with E-state index < -0.39 is 0 Å². The minimum absolute atomic E-state index is 0.0213. The van der Waals surface area contributed by atoms with E-state index in [0.29, 0.717) is 23.6 Å². The Kier molecular flexibility index (Phi) is 5.17. The van der Waals surface area contributed by atoms with E-state index in [2.05, 4.69) is 17.4 Å². The van der Waals surface area contributed by atoms with E-state index >= 15 is 0 Å². The van der Waals surface area contributed by atoms with Gasteiger partial charge in [0.05, 0.1) is 0 Å². The average molecular weight is 249 g/mol. The van der Waals surface area contributed by atoms with E-state index in [1.165, 1.54) is 0 Å². The van der Waals surface area contributed by atoms with E-state index in [9.17, 15) is 4.79 Å². The number of anilines is 1. The molecule has 1 atom stereocenters. The lowest BCUT2D eigenvalue weighted by atomic mass is 10.0. The van der Waals surface area contributed by atoms with Crippen molar-refractivity contribution < 1.29 is 10.0 Å². The second-order valence-electron chi connectivity index (χ2n) is 4.33. The van der Waals surface area contributed by atoms with E-state index in [4.69, 9.17) is 10.9 Å². The van der Waals surface area contributed by atoms with Crippen LogP contribution in [0.15, 0.2) is 29.4 Å². The van der Waals surface area contributed by atoms with Crippen molar-refractivity contribution in [2.75, 3.05) is 5.32 Å². The van der Waals surface area contributed by atoms with Crippen molar-refractivity contribution in [3.05, 3.63) is 29.8 Å². The van der Waals surface area contributed by atoms with Crippen molar-refractivity contribution in [2.24, 2.45) is 16.8 Å². The highest BCUT2D eigenvalue weighted by Crippen LogP contribution is 2.13. The zero-order valence-electron chi connectivity index (χ0n) is 10.7. The highest BCUT2D eigenvalue weighted by atomic mass is 16.4. The van der Waals surface area contributed by atoms with Gasteiger partial charge in [-0.1, -0.05) is 37.6 Å². The number of nitrogens with two attached hydrogens (primary N) is 1. The lowest BCUT2D eigenvalue weighted by Gasteiger charge is -2.10. The number of amides is 1. The summed E-state index contributed by atoms with van der Waals surface area (Å²) in [5.74, 6) is 0.353. The Bertz CT molecular complexity index is 444. The molecule has 0 fully saturated rings. The van der Waals surface area contributed by atoms with Crippen LogP contribution in [0.1, 0.15) is 32.3 Å². The molecule has 1 aromatic rings. The van der Waals surface area contributed by atoms with Gasteiger partial charge >= 0.3 is 0 Å². The van der Waals surface area contributed by atoms with Crippen molar-refractivity contribution in [1.29, 1.82) is 0 Å². The van der Waals surface area contributed by atoms with Crippen molar-refractivity contribution >= 4 is 17.4 Å². The molecule has 0 saturated heterocycles. The van der Waals surface area contributed by atoms with E-state index in [0.717, 1.165) is 6.42 Å². The molecule has 1 aromatic carbocycles. The summed E-state index contributed by atoms with van der Waals surface area (Å²) in [7, 11) is 0. The predicted octanol–water partition coefficient (Wildman–Crippen LogP) is 2.16. The number of nitrogens with zero attached hydrogens (tertiary/aromatic N) is 1. The summed E-state index contributed by atoms with van der Waals surface area (Å²) < 4.78 is 0. The third-order valence-corrected chi connectivity index (χ3v) is 2.78. The van der Waals surface area contributed by atoms with Crippen molar-refractivity contribution in [3.8, 4) is 0 Å². The molecule has 0 aliphatic rings. The van der Waals surface area contributed by atoms with Gasteiger partial charge in [-0.15, -0.1) is 0 Å². The standard InChI is InChI=1S/C13H19N3O2/c1-3-9(2)7-12(17)15-11-6-4-5-10(8-11)13(14)16-18/h4-6,8-9,18H,3,7H2,1-2H3,(H2,14,16)(H,15,17). The number of carbonyl (C=O) groups excluding carboxylic acids is 1. The molecule has 0 aliphatic heterocycles. The third-order valence-electron chi connectivity index (χ3n) is 2.78. The van der Waals surface area contributed by atoms with E-state index in [1.807, 2.05) is 6.92 Å². The molecule has 0 radical (unpaired) electrons. The Balaban J connectivity index is 2.71. The Morgan fingerprint density at radius 2 is 2.28 bits per heavy atom. The predicted molar refractivity (Wildman–Crippen MR) is 71.7 cm³/mol. The summed E-state index contributed by atoms with van der Waals surface area (Å²) in [5, 5.41) is 14.3. The Morgan fingerprint density at radius 3 is 2.89 bits per heavy atom. The van der Waals surface area contributed by atoms with Crippen LogP contribution in [0.25, 0.3) is 0 Å². The Hall–Kier alpha value is -2.04. The average Bonchev–Trinajstić information content (AvgIpc) is 2.37. The Labute approximate surface area is 107 Å².